The molecule has 0 saturated heterocycles. The molecule has 1 aliphatic rings. The van der Waals surface area contributed by atoms with Crippen LogP contribution >= 0.6 is 11.3 Å². The van der Waals surface area contributed by atoms with Gasteiger partial charge in [0.1, 0.15) is 6.04 Å². The minimum atomic E-state index is -0.859. The molecule has 114 valence electrons. The lowest BCUT2D eigenvalue weighted by atomic mass is 10.2. The van der Waals surface area contributed by atoms with E-state index < -0.39 is 12.0 Å². The van der Waals surface area contributed by atoms with Crippen LogP contribution in [0.25, 0.3) is 0 Å². The van der Waals surface area contributed by atoms with Gasteiger partial charge in [-0.3, -0.25) is 9.59 Å². The number of anilines is 1. The molecule has 6 nitrogen and oxygen atoms in total. The maximum Gasteiger partial charge on any atom is 0.330 e. The minimum Gasteiger partial charge on any atom is -0.467 e. The number of thiophene rings is 1. The quantitative estimate of drug-likeness (QED) is 0.845. The van der Waals surface area contributed by atoms with Crippen LogP contribution in [0, 0.1) is 0 Å². The van der Waals surface area contributed by atoms with E-state index in [1.165, 1.54) is 14.0 Å². The van der Waals surface area contributed by atoms with E-state index in [0.29, 0.717) is 6.42 Å². The number of amides is 2. The fraction of sp³-hybridized carbons (Fsp3) is 0.500. The number of carbonyl (C=O) groups excluding carboxylic acids is 3. The van der Waals surface area contributed by atoms with E-state index in [4.69, 9.17) is 4.74 Å². The number of hydrogen-bond acceptors (Lipinski definition) is 5. The molecule has 1 unspecified atom stereocenters. The molecule has 1 N–H and O–H groups in total. The van der Waals surface area contributed by atoms with Crippen molar-refractivity contribution in [1.82, 2.24) is 5.32 Å². The van der Waals surface area contributed by atoms with E-state index in [2.05, 4.69) is 5.32 Å². The van der Waals surface area contributed by atoms with Gasteiger partial charge in [-0.25, -0.2) is 4.79 Å². The van der Waals surface area contributed by atoms with Crippen LogP contribution in [0.5, 0.6) is 0 Å². The molecular weight excluding hydrogens is 292 g/mol. The molecule has 2 rings (SSSR count). The smallest absolute Gasteiger partial charge is 0.330 e. The lowest BCUT2D eigenvalue weighted by Crippen LogP contribution is -2.50. The van der Waals surface area contributed by atoms with E-state index in [1.807, 2.05) is 11.4 Å². The molecule has 0 radical (unpaired) electrons. The normalized spacial score (nSPS) is 15.9. The summed E-state index contributed by atoms with van der Waals surface area (Å²) in [6, 6.07) is 1.02. The molecule has 1 aromatic heterocycles. The predicted molar refractivity (Wildman–Crippen MR) is 79.2 cm³/mol. The summed E-state index contributed by atoms with van der Waals surface area (Å²) in [5, 5.41) is 4.47. The molecule has 0 fully saturated rings. The molecule has 0 spiro atoms. The highest BCUT2D eigenvalue weighted by Crippen LogP contribution is 2.31. The Hall–Kier alpha value is -1.89. The maximum atomic E-state index is 12.3. The molecule has 1 atom stereocenters. The summed E-state index contributed by atoms with van der Waals surface area (Å²) in [5.74, 6) is -0.927. The number of esters is 1. The van der Waals surface area contributed by atoms with Crippen molar-refractivity contribution in [2.45, 2.75) is 32.2 Å². The summed E-state index contributed by atoms with van der Waals surface area (Å²) < 4.78 is 4.70. The Morgan fingerprint density at radius 2 is 2.24 bits per heavy atom. The largest absolute Gasteiger partial charge is 0.467 e. The summed E-state index contributed by atoms with van der Waals surface area (Å²) in [6.45, 7) is 1.42. The Labute approximate surface area is 127 Å². The van der Waals surface area contributed by atoms with Crippen molar-refractivity contribution < 1.29 is 19.1 Å². The Kier molecular flexibility index (Phi) is 4.95. The van der Waals surface area contributed by atoms with E-state index in [1.54, 1.807) is 16.2 Å². The first-order chi connectivity index (χ1) is 10.0. The molecule has 0 aliphatic carbocycles. The molecule has 21 heavy (non-hydrogen) atoms. The minimum absolute atomic E-state index is 0.0357. The zero-order valence-corrected chi connectivity index (χ0v) is 12.9. The van der Waals surface area contributed by atoms with Crippen LogP contribution in [0.4, 0.5) is 5.69 Å². The van der Waals surface area contributed by atoms with Gasteiger partial charge >= 0.3 is 5.97 Å². The first-order valence-electron chi connectivity index (χ1n) is 6.74. The van der Waals surface area contributed by atoms with Crippen LogP contribution in [0.1, 0.15) is 24.6 Å². The van der Waals surface area contributed by atoms with Gasteiger partial charge in [-0.2, -0.15) is 0 Å². The van der Waals surface area contributed by atoms with Gasteiger partial charge in [0, 0.05) is 18.2 Å². The topological polar surface area (TPSA) is 75.7 Å². The zero-order valence-electron chi connectivity index (χ0n) is 12.0. The van der Waals surface area contributed by atoms with E-state index >= 15 is 0 Å². The Balaban J connectivity index is 2.24. The van der Waals surface area contributed by atoms with Crippen molar-refractivity contribution in [3.05, 3.63) is 16.3 Å². The van der Waals surface area contributed by atoms with Crippen LogP contribution in [0.15, 0.2) is 11.4 Å². The highest BCUT2D eigenvalue weighted by Gasteiger charge is 2.29. The van der Waals surface area contributed by atoms with Gasteiger partial charge in [0.2, 0.25) is 11.8 Å². The third-order valence-electron chi connectivity index (χ3n) is 3.34. The molecule has 1 aliphatic heterocycles. The van der Waals surface area contributed by atoms with Crippen molar-refractivity contribution in [2.75, 3.05) is 18.6 Å². The Morgan fingerprint density at radius 3 is 2.90 bits per heavy atom. The van der Waals surface area contributed by atoms with Crippen LogP contribution in [0.2, 0.25) is 0 Å². The van der Waals surface area contributed by atoms with Gasteiger partial charge < -0.3 is 15.0 Å². The molecule has 0 aromatic carbocycles. The molecule has 0 saturated carbocycles. The number of rotatable bonds is 4. The van der Waals surface area contributed by atoms with Crippen LogP contribution in [-0.4, -0.2) is 37.5 Å². The second-order valence-corrected chi connectivity index (χ2v) is 5.86. The summed E-state index contributed by atoms with van der Waals surface area (Å²) in [7, 11) is 1.26. The first-order valence-corrected chi connectivity index (χ1v) is 7.62. The van der Waals surface area contributed by atoms with Gasteiger partial charge in [0.15, 0.2) is 0 Å². The van der Waals surface area contributed by atoms with Crippen molar-refractivity contribution in [3.63, 3.8) is 0 Å². The molecular formula is C14H18N2O4S. The fourth-order valence-corrected chi connectivity index (χ4v) is 3.30. The van der Waals surface area contributed by atoms with Gasteiger partial charge in [0.25, 0.3) is 0 Å². The van der Waals surface area contributed by atoms with Gasteiger partial charge in [0.05, 0.1) is 19.3 Å². The van der Waals surface area contributed by atoms with E-state index in [-0.39, 0.29) is 18.4 Å². The summed E-state index contributed by atoms with van der Waals surface area (Å²) in [6.07, 6.45) is 2.10. The highest BCUT2D eigenvalue weighted by molar-refractivity contribution is 7.10. The number of nitrogens with zero attached hydrogens (tertiary/aromatic N) is 1. The van der Waals surface area contributed by atoms with Crippen molar-refractivity contribution in [2.24, 2.45) is 0 Å². The third kappa shape index (κ3) is 3.60. The molecule has 2 heterocycles. The van der Waals surface area contributed by atoms with Crippen molar-refractivity contribution in [1.29, 1.82) is 0 Å². The van der Waals surface area contributed by atoms with Gasteiger partial charge in [-0.1, -0.05) is 0 Å². The number of aryl methyl sites for hydroxylation is 1. The number of methoxy groups -OCH3 is 1. The first kappa shape index (κ1) is 15.5. The third-order valence-corrected chi connectivity index (χ3v) is 4.31. The molecule has 7 heteroatoms. The fourth-order valence-electron chi connectivity index (χ4n) is 2.38. The SMILES string of the molecule is COC(=O)C(CN1C(=O)CCCc2sccc21)NC(C)=O. The van der Waals surface area contributed by atoms with Crippen LogP contribution in [-0.2, 0) is 25.5 Å². The Bertz CT molecular complexity index is 555. The predicted octanol–water partition coefficient (Wildman–Crippen LogP) is 1.10. The van der Waals surface area contributed by atoms with Crippen LogP contribution in [0.3, 0.4) is 0 Å². The second kappa shape index (κ2) is 6.71. The lowest BCUT2D eigenvalue weighted by Gasteiger charge is -2.25. The highest BCUT2D eigenvalue weighted by atomic mass is 32.1. The average Bonchev–Trinajstić information content (AvgIpc) is 2.84. The number of ether oxygens (including phenoxy) is 1. The Morgan fingerprint density at radius 1 is 1.48 bits per heavy atom. The summed E-state index contributed by atoms with van der Waals surface area (Å²) in [5.41, 5.74) is 0.835. The van der Waals surface area contributed by atoms with Crippen LogP contribution < -0.4 is 10.2 Å². The average molecular weight is 310 g/mol. The monoisotopic (exact) mass is 310 g/mol. The zero-order chi connectivity index (χ0) is 15.4. The summed E-state index contributed by atoms with van der Waals surface area (Å²) >= 11 is 1.60. The standard InChI is InChI=1S/C14H18N2O4S/c1-9(17)15-10(14(19)20-2)8-16-11-6-7-21-12(11)4-3-5-13(16)18/h6-7,10H,3-5,8H2,1-2H3,(H,15,17). The number of nitrogens with one attached hydrogen (secondary N) is 1. The lowest BCUT2D eigenvalue weighted by molar-refractivity contribution is -0.144. The molecule has 2 amide bonds. The van der Waals surface area contributed by atoms with Gasteiger partial charge in [-0.05, 0) is 24.3 Å². The maximum absolute atomic E-state index is 12.3. The number of carbonyl (C=O) groups is 3. The number of hydrogen-bond donors (Lipinski definition) is 1. The molecule has 1 aromatic rings. The van der Waals surface area contributed by atoms with Crippen molar-refractivity contribution in [3.8, 4) is 0 Å². The van der Waals surface area contributed by atoms with E-state index in [0.717, 1.165) is 23.4 Å². The second-order valence-electron chi connectivity index (χ2n) is 4.86. The number of fused-ring (bicyclic) bond motifs is 1. The van der Waals surface area contributed by atoms with Crippen molar-refractivity contribution >= 4 is 34.8 Å². The van der Waals surface area contributed by atoms with Gasteiger partial charge in [-0.15, -0.1) is 11.3 Å². The summed E-state index contributed by atoms with van der Waals surface area (Å²) in [4.78, 5) is 38.0. The molecule has 0 bridgehead atoms. The van der Waals surface area contributed by atoms with E-state index in [9.17, 15) is 14.4 Å².